The molecule has 1 aromatic carbocycles. The summed E-state index contributed by atoms with van der Waals surface area (Å²) in [4.78, 5) is 29.0. The van der Waals surface area contributed by atoms with E-state index in [9.17, 15) is 13.2 Å². The molecule has 0 spiro atoms. The Morgan fingerprint density at radius 2 is 1.85 bits per heavy atom. The molecule has 0 aliphatic heterocycles. The first-order chi connectivity index (χ1) is 18.6. The number of nitrogens with one attached hydrogen (secondary N) is 2. The zero-order chi connectivity index (χ0) is 28.2. The standard InChI is InChI=1S/C28H33ClN6O3S/c1-5-15-39(37,38)23-13-14-30-26(19-7-6-8-20(29)17-19)25(23)27(36)32-21-9-11-22(12-10-21)33-28-31-18(2)16-24(34-28)35(3)4/h5-8,13-14,16-17,21-22H,1,9-12,15H2,2-4H3,(H,32,36)(H,31,33,34). The lowest BCUT2D eigenvalue weighted by molar-refractivity contribution is 0.0923. The van der Waals surface area contributed by atoms with Crippen molar-refractivity contribution in [2.75, 3.05) is 30.1 Å². The summed E-state index contributed by atoms with van der Waals surface area (Å²) in [7, 11) is 0.0728. The summed E-state index contributed by atoms with van der Waals surface area (Å²) in [5.41, 5.74) is 1.73. The third-order valence-corrected chi connectivity index (χ3v) is 8.52. The van der Waals surface area contributed by atoms with Crippen molar-refractivity contribution in [1.82, 2.24) is 20.3 Å². The summed E-state index contributed by atoms with van der Waals surface area (Å²) in [6.45, 7) is 5.49. The molecule has 1 saturated carbocycles. The molecule has 1 aliphatic rings. The lowest BCUT2D eigenvalue weighted by Crippen LogP contribution is -2.41. The van der Waals surface area contributed by atoms with Crippen LogP contribution >= 0.6 is 11.6 Å². The summed E-state index contributed by atoms with van der Waals surface area (Å²) in [6, 6.07) is 10.2. The third kappa shape index (κ3) is 6.93. The fourth-order valence-electron chi connectivity index (χ4n) is 4.69. The summed E-state index contributed by atoms with van der Waals surface area (Å²) in [6.07, 6.45) is 5.75. The monoisotopic (exact) mass is 568 g/mol. The van der Waals surface area contributed by atoms with Gasteiger partial charge in [-0.25, -0.2) is 13.4 Å². The number of halogens is 1. The van der Waals surface area contributed by atoms with E-state index in [0.717, 1.165) is 37.2 Å². The number of aryl methyl sites for hydroxylation is 1. The first-order valence-electron chi connectivity index (χ1n) is 12.8. The number of amides is 1. The first-order valence-corrected chi connectivity index (χ1v) is 14.8. The minimum Gasteiger partial charge on any atom is -0.363 e. The van der Waals surface area contributed by atoms with E-state index < -0.39 is 15.7 Å². The molecule has 0 bridgehead atoms. The second-order valence-electron chi connectivity index (χ2n) is 9.87. The van der Waals surface area contributed by atoms with Gasteiger partial charge in [0, 0.05) is 54.7 Å². The molecule has 3 aromatic rings. The van der Waals surface area contributed by atoms with Gasteiger partial charge in [-0.3, -0.25) is 9.78 Å². The van der Waals surface area contributed by atoms with Gasteiger partial charge in [0.05, 0.1) is 21.9 Å². The summed E-state index contributed by atoms with van der Waals surface area (Å²) in [5.74, 6) is 0.652. The molecule has 2 aromatic heterocycles. The van der Waals surface area contributed by atoms with Crippen LogP contribution < -0.4 is 15.5 Å². The fourth-order valence-corrected chi connectivity index (χ4v) is 6.14. The molecule has 0 saturated heterocycles. The third-order valence-electron chi connectivity index (χ3n) is 6.60. The number of anilines is 2. The second-order valence-corrected chi connectivity index (χ2v) is 12.3. The average molecular weight is 569 g/mol. The number of sulfone groups is 1. The van der Waals surface area contributed by atoms with E-state index in [2.05, 4.69) is 32.2 Å². The SMILES string of the molecule is C=CCS(=O)(=O)c1ccnc(-c2cccc(Cl)c2)c1C(=O)NC1CCC(Nc2nc(C)cc(N(C)C)n2)CC1. The molecule has 11 heteroatoms. The van der Waals surface area contributed by atoms with E-state index >= 15 is 0 Å². The van der Waals surface area contributed by atoms with E-state index in [0.29, 0.717) is 16.5 Å². The second kappa shape index (κ2) is 12.1. The van der Waals surface area contributed by atoms with Gasteiger partial charge in [-0.2, -0.15) is 4.98 Å². The minimum atomic E-state index is -3.80. The predicted octanol–water partition coefficient (Wildman–Crippen LogP) is 4.68. The molecular weight excluding hydrogens is 536 g/mol. The van der Waals surface area contributed by atoms with Gasteiger partial charge >= 0.3 is 0 Å². The van der Waals surface area contributed by atoms with E-state index in [1.807, 2.05) is 32.0 Å². The van der Waals surface area contributed by atoms with Gasteiger partial charge in [0.15, 0.2) is 9.84 Å². The van der Waals surface area contributed by atoms with Crippen LogP contribution in [-0.4, -0.2) is 61.2 Å². The Morgan fingerprint density at radius 1 is 1.13 bits per heavy atom. The molecule has 0 radical (unpaired) electrons. The molecule has 4 rings (SSSR count). The highest BCUT2D eigenvalue weighted by Crippen LogP contribution is 2.30. The number of hydrogen-bond donors (Lipinski definition) is 2. The summed E-state index contributed by atoms with van der Waals surface area (Å²) >= 11 is 6.19. The van der Waals surface area contributed by atoms with Crippen LogP contribution in [0.2, 0.25) is 5.02 Å². The molecule has 2 heterocycles. The van der Waals surface area contributed by atoms with Gasteiger partial charge in [0.2, 0.25) is 5.95 Å². The number of pyridine rings is 1. The quantitative estimate of drug-likeness (QED) is 0.357. The lowest BCUT2D eigenvalue weighted by Gasteiger charge is -2.30. The zero-order valence-electron chi connectivity index (χ0n) is 22.3. The highest BCUT2D eigenvalue weighted by atomic mass is 35.5. The predicted molar refractivity (Wildman–Crippen MR) is 155 cm³/mol. The molecule has 1 aliphatic carbocycles. The molecular formula is C28H33ClN6O3S. The van der Waals surface area contributed by atoms with Gasteiger partial charge in [-0.15, -0.1) is 6.58 Å². The molecule has 1 fully saturated rings. The number of nitrogens with zero attached hydrogens (tertiary/aromatic N) is 4. The molecule has 206 valence electrons. The van der Waals surface area contributed by atoms with Crippen molar-refractivity contribution in [3.63, 3.8) is 0 Å². The van der Waals surface area contributed by atoms with E-state index in [4.69, 9.17) is 11.6 Å². The molecule has 0 unspecified atom stereocenters. The molecule has 0 atom stereocenters. The normalized spacial score (nSPS) is 17.3. The van der Waals surface area contributed by atoms with Crippen molar-refractivity contribution in [3.05, 3.63) is 71.5 Å². The van der Waals surface area contributed by atoms with Crippen LogP contribution in [0, 0.1) is 6.92 Å². The van der Waals surface area contributed by atoms with E-state index in [1.54, 1.807) is 24.3 Å². The summed E-state index contributed by atoms with van der Waals surface area (Å²) < 4.78 is 26.2. The van der Waals surface area contributed by atoms with Crippen LogP contribution in [0.4, 0.5) is 11.8 Å². The van der Waals surface area contributed by atoms with E-state index in [1.165, 1.54) is 18.3 Å². The molecule has 2 N–H and O–H groups in total. The van der Waals surface area contributed by atoms with Gasteiger partial charge in [-0.05, 0) is 50.8 Å². The van der Waals surface area contributed by atoms with Crippen molar-refractivity contribution >= 4 is 39.1 Å². The van der Waals surface area contributed by atoms with Gasteiger partial charge in [0.25, 0.3) is 5.91 Å². The van der Waals surface area contributed by atoms with Crippen molar-refractivity contribution in [2.45, 2.75) is 49.6 Å². The number of carbonyl (C=O) groups is 1. The number of benzene rings is 1. The Bertz CT molecular complexity index is 1470. The highest BCUT2D eigenvalue weighted by molar-refractivity contribution is 7.91. The Morgan fingerprint density at radius 3 is 2.51 bits per heavy atom. The fraction of sp³-hybridized carbons (Fsp3) is 0.357. The maximum Gasteiger partial charge on any atom is 0.255 e. The van der Waals surface area contributed by atoms with Crippen molar-refractivity contribution in [1.29, 1.82) is 0 Å². The Labute approximate surface area is 234 Å². The van der Waals surface area contributed by atoms with E-state index in [-0.39, 0.29) is 34.0 Å². The summed E-state index contributed by atoms with van der Waals surface area (Å²) in [5, 5.41) is 6.95. The molecule has 9 nitrogen and oxygen atoms in total. The minimum absolute atomic E-state index is 0.0197. The number of carbonyl (C=O) groups excluding carboxylic acids is 1. The van der Waals surface area contributed by atoms with Crippen LogP contribution in [0.3, 0.4) is 0 Å². The van der Waals surface area contributed by atoms with Crippen LogP contribution in [0.25, 0.3) is 11.3 Å². The van der Waals surface area contributed by atoms with Crippen molar-refractivity contribution < 1.29 is 13.2 Å². The van der Waals surface area contributed by atoms with Crippen LogP contribution in [0.5, 0.6) is 0 Å². The molecule has 1 amide bonds. The average Bonchev–Trinajstić information content (AvgIpc) is 2.89. The van der Waals surface area contributed by atoms with Crippen molar-refractivity contribution in [3.8, 4) is 11.3 Å². The van der Waals surface area contributed by atoms with Crippen LogP contribution in [0.15, 0.2) is 60.1 Å². The number of rotatable bonds is 9. The Balaban J connectivity index is 1.53. The molecule has 39 heavy (non-hydrogen) atoms. The smallest absolute Gasteiger partial charge is 0.255 e. The maximum atomic E-state index is 13.7. The highest BCUT2D eigenvalue weighted by Gasteiger charge is 2.29. The van der Waals surface area contributed by atoms with Crippen LogP contribution in [0.1, 0.15) is 41.7 Å². The van der Waals surface area contributed by atoms with Crippen LogP contribution in [-0.2, 0) is 9.84 Å². The number of hydrogen-bond acceptors (Lipinski definition) is 8. The van der Waals surface area contributed by atoms with Gasteiger partial charge in [-0.1, -0.05) is 29.8 Å². The van der Waals surface area contributed by atoms with Gasteiger partial charge in [0.1, 0.15) is 5.82 Å². The topological polar surface area (TPSA) is 117 Å². The zero-order valence-corrected chi connectivity index (χ0v) is 23.9. The largest absolute Gasteiger partial charge is 0.363 e. The first kappa shape index (κ1) is 28.5. The van der Waals surface area contributed by atoms with Crippen molar-refractivity contribution in [2.24, 2.45) is 0 Å². The Hall–Kier alpha value is -3.50. The van der Waals surface area contributed by atoms with Gasteiger partial charge < -0.3 is 15.5 Å². The number of aromatic nitrogens is 3. The maximum absolute atomic E-state index is 13.7. The lowest BCUT2D eigenvalue weighted by atomic mass is 9.91. The Kier molecular flexibility index (Phi) is 8.87.